The van der Waals surface area contributed by atoms with Crippen molar-refractivity contribution in [1.82, 2.24) is 49.7 Å². The number of anilines is 3. The number of nitriles is 3. The Morgan fingerprint density at radius 3 is 1.01 bits per heavy atom. The molecule has 3 aliphatic heterocycles. The Morgan fingerprint density at radius 2 is 0.712 bits per heavy atom. The van der Waals surface area contributed by atoms with Gasteiger partial charge in [0.05, 0.1) is 102 Å². The number of carbonyl (C=O) groups is 1. The van der Waals surface area contributed by atoms with E-state index in [2.05, 4.69) is 102 Å². The molecule has 0 spiro atoms. The molecule has 0 bridgehead atoms. The molecular weight excluding hydrogens is 1670 g/mol. The summed E-state index contributed by atoms with van der Waals surface area (Å²) in [6, 6.07) is 67.7. The second-order valence-electron chi connectivity index (χ2n) is 29.2. The highest BCUT2D eigenvalue weighted by Crippen LogP contribution is 2.41. The minimum atomic E-state index is -0.451. The molecule has 15 rings (SSSR count). The van der Waals surface area contributed by atoms with Gasteiger partial charge in [-0.15, -0.1) is 0 Å². The largest absolute Gasteiger partial charge is 0.497 e. The number of methoxy groups -OCH3 is 4. The number of halogens is 1. The van der Waals surface area contributed by atoms with Crippen LogP contribution in [0, 0.1) is 34.0 Å². The highest BCUT2D eigenvalue weighted by molar-refractivity contribution is 8.00. The lowest BCUT2D eigenvalue weighted by molar-refractivity contribution is 0.1000. The molecule has 0 saturated carbocycles. The van der Waals surface area contributed by atoms with Crippen molar-refractivity contribution in [1.29, 1.82) is 15.8 Å². The van der Waals surface area contributed by atoms with Gasteiger partial charge in [0, 0.05) is 95.3 Å². The molecule has 2 N–H and O–H groups in total. The molecule has 642 valence electrons. The molecule has 26 nitrogen and oxygen atoms in total. The quantitative estimate of drug-likeness (QED) is 0.0445. The number of nitrogens with zero attached hydrogens (tertiary/aromatic N) is 16. The molecule has 3 saturated heterocycles. The van der Waals surface area contributed by atoms with Gasteiger partial charge in [0.1, 0.15) is 49.4 Å². The molecule has 12 aromatic rings. The number of nitrogens with two attached hydrogens (primary N) is 1. The van der Waals surface area contributed by atoms with Crippen molar-refractivity contribution in [2.75, 3.05) is 103 Å². The SMILES string of the molecule is COc1cccc(COc2nc(Cl)ncc2Sc2ccc(C#N)cc2)c1.COc1cccc(COc2nc(N3CCCC[C@H]3C)ncc2Sc2ccc(C#N)cc2)c1.COc1cccc(COc2nc(N3CCN(C)C[C@H]3C)ncc2Sc2ccc(C#N)cc2)c1.COc1cccc(COc2nc(N3CCN(C)C[C@H]3C)ncc2Sc2ccc(C(N)=O)cc2)c1. The van der Waals surface area contributed by atoms with Gasteiger partial charge in [0.2, 0.25) is 52.6 Å². The van der Waals surface area contributed by atoms with E-state index >= 15 is 0 Å². The summed E-state index contributed by atoms with van der Waals surface area (Å²) in [5.41, 5.74) is 11.6. The van der Waals surface area contributed by atoms with Crippen LogP contribution < -0.4 is 58.3 Å². The van der Waals surface area contributed by atoms with E-state index < -0.39 is 5.91 Å². The first kappa shape index (κ1) is 91.6. The summed E-state index contributed by atoms with van der Waals surface area (Å²) >= 11 is 11.9. The summed E-state index contributed by atoms with van der Waals surface area (Å²) in [5.74, 6) is 6.75. The van der Waals surface area contributed by atoms with Gasteiger partial charge in [-0.25, -0.2) is 19.9 Å². The lowest BCUT2D eigenvalue weighted by Crippen LogP contribution is -2.51. The van der Waals surface area contributed by atoms with Crippen molar-refractivity contribution in [3.8, 4) is 64.7 Å². The zero-order chi connectivity index (χ0) is 88.0. The van der Waals surface area contributed by atoms with Gasteiger partial charge in [0.15, 0.2) is 0 Å². The van der Waals surface area contributed by atoms with Crippen molar-refractivity contribution >= 4 is 82.4 Å². The molecule has 3 fully saturated rings. The number of likely N-dealkylation sites (N-methyl/N-ethyl adjacent to an activating group) is 2. The van der Waals surface area contributed by atoms with Crippen molar-refractivity contribution in [2.24, 2.45) is 5.73 Å². The van der Waals surface area contributed by atoms with Crippen LogP contribution >= 0.6 is 58.6 Å². The van der Waals surface area contributed by atoms with Gasteiger partial charge in [-0.3, -0.25) is 4.79 Å². The van der Waals surface area contributed by atoms with Crippen LogP contribution in [0.2, 0.25) is 5.28 Å². The molecule has 0 unspecified atom stereocenters. The molecular formula is C94H96ClN17O9S4. The number of hydrogen-bond acceptors (Lipinski definition) is 29. The fraction of sp³-hybridized carbons (Fsp3) is 0.277. The molecule has 3 atom stereocenters. The Morgan fingerprint density at radius 1 is 0.408 bits per heavy atom. The Kier molecular flexibility index (Phi) is 33.9. The fourth-order valence-electron chi connectivity index (χ4n) is 13.4. The Labute approximate surface area is 751 Å². The number of ether oxygens (including phenoxy) is 8. The van der Waals surface area contributed by atoms with Gasteiger partial charge in [-0.1, -0.05) is 95.6 Å². The van der Waals surface area contributed by atoms with E-state index in [0.29, 0.717) is 108 Å². The Hall–Kier alpha value is -12.6. The number of primary amides is 1. The van der Waals surface area contributed by atoms with Gasteiger partial charge >= 0.3 is 0 Å². The summed E-state index contributed by atoms with van der Waals surface area (Å²) < 4.78 is 45.7. The third kappa shape index (κ3) is 27.0. The number of aromatic nitrogens is 8. The predicted molar refractivity (Wildman–Crippen MR) is 487 cm³/mol. The second kappa shape index (κ2) is 46.2. The first-order valence-electron chi connectivity index (χ1n) is 40.3. The first-order valence-corrected chi connectivity index (χ1v) is 43.9. The summed E-state index contributed by atoms with van der Waals surface area (Å²) in [7, 11) is 10.8. The number of benzene rings is 8. The number of hydrogen-bond donors (Lipinski definition) is 1. The molecule has 125 heavy (non-hydrogen) atoms. The number of amides is 1. The third-order valence-corrected chi connectivity index (χ3v) is 24.3. The monoisotopic (exact) mass is 1770 g/mol. The van der Waals surface area contributed by atoms with Crippen LogP contribution in [0.15, 0.2) is 258 Å². The summed E-state index contributed by atoms with van der Waals surface area (Å²) in [6.45, 7) is 14.5. The maximum atomic E-state index is 11.4. The first-order chi connectivity index (χ1) is 60.8. The maximum absolute atomic E-state index is 11.4. The van der Waals surface area contributed by atoms with Crippen LogP contribution in [0.4, 0.5) is 17.8 Å². The number of piperazine rings is 2. The Balaban J connectivity index is 0.000000152. The zero-order valence-electron chi connectivity index (χ0n) is 70.8. The van der Waals surface area contributed by atoms with Crippen LogP contribution in [-0.4, -0.2) is 162 Å². The zero-order valence-corrected chi connectivity index (χ0v) is 74.9. The smallest absolute Gasteiger partial charge is 0.248 e. The van der Waals surface area contributed by atoms with Gasteiger partial charge < -0.3 is 68.1 Å². The molecule has 0 radical (unpaired) electrons. The van der Waals surface area contributed by atoms with Gasteiger partial charge in [0.25, 0.3) is 0 Å². The molecule has 0 aliphatic carbocycles. The third-order valence-electron chi connectivity index (χ3n) is 20.1. The molecule has 4 aromatic heterocycles. The maximum Gasteiger partial charge on any atom is 0.248 e. The molecule has 3 aliphatic rings. The van der Waals surface area contributed by atoms with Gasteiger partial charge in [-0.05, 0) is 234 Å². The van der Waals surface area contributed by atoms with Crippen LogP contribution in [-0.2, 0) is 26.4 Å². The normalized spacial score (nSPS) is 14.9. The topological polar surface area (TPSA) is 308 Å². The minimum Gasteiger partial charge on any atom is -0.497 e. The van der Waals surface area contributed by atoms with E-state index in [1.165, 1.54) is 53.5 Å². The molecule has 1 amide bonds. The van der Waals surface area contributed by atoms with E-state index in [9.17, 15) is 4.79 Å². The van der Waals surface area contributed by atoms with Gasteiger partial charge in [-0.2, -0.15) is 35.7 Å². The number of carbonyl (C=O) groups excluding carboxylic acids is 1. The van der Waals surface area contributed by atoms with Crippen molar-refractivity contribution in [3.63, 3.8) is 0 Å². The minimum absolute atomic E-state index is 0.120. The molecule has 31 heteroatoms. The number of rotatable bonds is 28. The average Bonchev–Trinajstić information content (AvgIpc) is 0.839. The average molecular weight is 1770 g/mol. The van der Waals surface area contributed by atoms with Crippen molar-refractivity contribution in [3.05, 3.63) is 269 Å². The lowest BCUT2D eigenvalue weighted by Gasteiger charge is -2.38. The highest BCUT2D eigenvalue weighted by Gasteiger charge is 2.29. The van der Waals surface area contributed by atoms with Crippen LogP contribution in [0.3, 0.4) is 0 Å². The Bertz CT molecular complexity index is 5700. The summed E-state index contributed by atoms with van der Waals surface area (Å²) in [5, 5.41) is 27.1. The fourth-order valence-corrected chi connectivity index (χ4v) is 16.8. The standard InChI is InChI=1S/C25H29N5O3S.C25H27N5O2S.C25H26N4O2S.C19H14ClN3O2S/c1-17-15-29(2)11-12-30(17)25-27-14-22(34-21-9-7-19(8-10-21)23(26)31)24(28-25)33-16-18-5-4-6-20(13-18)32-3;1-18-16-29(2)11-12-30(18)25-27-15-23(33-22-9-7-19(14-26)8-10-22)24(28-25)32-17-20-5-4-6-21(13-20)31-3;1-18-6-3-4-13-29(18)25-27-16-23(32-22-11-9-19(15-26)10-12-22)24(28-25)31-17-20-7-5-8-21(14-20)30-2;1-24-15-4-2-3-14(9-15)12-25-18-17(11-22-19(20)23-18)26-16-7-5-13(10-21)6-8-16/h4-10,13-14,17H,11-12,15-16H2,1-3H3,(H2,26,31);4-10,13,15,18H,11-12,16-17H2,1-3H3;5,7-12,14,16,18H,3-4,6,13,17H2,1-2H3;2-9,11H,12H2,1H3/t17-;2*18-;/m111./s1. The lowest BCUT2D eigenvalue weighted by atomic mass is 10.0. The van der Waals surface area contributed by atoms with E-state index in [-0.39, 0.29) is 5.28 Å². The van der Waals surface area contributed by atoms with Crippen LogP contribution in [0.5, 0.6) is 46.5 Å². The molecule has 8 aromatic carbocycles. The number of piperidine rings is 1. The van der Waals surface area contributed by atoms with E-state index in [1.807, 2.05) is 170 Å². The van der Waals surface area contributed by atoms with E-state index in [4.69, 9.17) is 86.0 Å². The predicted octanol–water partition coefficient (Wildman–Crippen LogP) is 17.9. The van der Waals surface area contributed by atoms with Crippen LogP contribution in [0.1, 0.15) is 89.3 Å². The molecule has 7 heterocycles. The summed E-state index contributed by atoms with van der Waals surface area (Å²) in [4.78, 5) is 66.5. The second-order valence-corrected chi connectivity index (χ2v) is 34.0. The van der Waals surface area contributed by atoms with Crippen molar-refractivity contribution in [2.45, 2.75) is 124 Å². The summed E-state index contributed by atoms with van der Waals surface area (Å²) in [6.07, 6.45) is 10.6. The van der Waals surface area contributed by atoms with Crippen molar-refractivity contribution < 1.29 is 42.7 Å². The van der Waals surface area contributed by atoms with E-state index in [0.717, 1.165) is 143 Å². The highest BCUT2D eigenvalue weighted by atomic mass is 35.5. The van der Waals surface area contributed by atoms with E-state index in [1.54, 1.807) is 77.2 Å². The van der Waals surface area contributed by atoms with Crippen LogP contribution in [0.25, 0.3) is 0 Å².